The zero-order valence-corrected chi connectivity index (χ0v) is 25.2. The molecule has 0 radical (unpaired) electrons. The average Bonchev–Trinajstić information content (AvgIpc) is 3.47. The van der Waals surface area contributed by atoms with Gasteiger partial charge in [0.15, 0.2) is 0 Å². The summed E-state index contributed by atoms with van der Waals surface area (Å²) in [5.41, 5.74) is 5.37. The Balaban J connectivity index is 1.54. The molecular formula is C31H30ClN4O2S2+. The molecule has 0 spiro atoms. The molecule has 0 fully saturated rings. The number of thiazole rings is 1. The molecule has 5 rings (SSSR count). The molecule has 0 atom stereocenters. The fraction of sp³-hybridized carbons (Fsp3) is 0.194. The van der Waals surface area contributed by atoms with E-state index in [0.29, 0.717) is 11.3 Å². The second-order valence-electron chi connectivity index (χ2n) is 9.31. The molecule has 3 aromatic carbocycles. The number of allylic oxidation sites excluding steroid dienone is 1. The summed E-state index contributed by atoms with van der Waals surface area (Å²) in [6.45, 7) is 11.1. The van der Waals surface area contributed by atoms with Crippen molar-refractivity contribution in [3.63, 3.8) is 0 Å². The first-order valence-electron chi connectivity index (χ1n) is 13.0. The second-order valence-corrected chi connectivity index (χ2v) is 11.9. The van der Waals surface area contributed by atoms with E-state index in [2.05, 4.69) is 70.9 Å². The van der Waals surface area contributed by atoms with Gasteiger partial charge in [-0.2, -0.15) is 4.57 Å². The molecule has 0 unspecified atom stereocenters. The van der Waals surface area contributed by atoms with Gasteiger partial charge < -0.3 is 15.5 Å². The van der Waals surface area contributed by atoms with E-state index in [1.807, 2.05) is 30.3 Å². The highest BCUT2D eigenvalue weighted by Crippen LogP contribution is 2.47. The standard InChI is InChI=1S/C31H29ClN4O2S2/c1-6-35-25-15-21(20-8-11-24(33-5)23(14-20)31(38)18(3)34-19(4)37)9-12-27(25)39-29(35)17-30-36(7-2)26-16-22(32)10-13-28(26)40-30/h8-17H,3,6-7H2,1-2,4-5H3,(H-,33,34,37,38)/p+1. The van der Waals surface area contributed by atoms with Crippen LogP contribution in [0.5, 0.6) is 0 Å². The van der Waals surface area contributed by atoms with Gasteiger partial charge in [-0.1, -0.05) is 53.4 Å². The Hall–Kier alpha value is -3.59. The number of nitrogens with one attached hydrogen (secondary N) is 2. The number of aromatic nitrogens is 1. The van der Waals surface area contributed by atoms with Crippen LogP contribution in [0.1, 0.15) is 36.1 Å². The summed E-state index contributed by atoms with van der Waals surface area (Å²) < 4.78 is 3.51. The highest BCUT2D eigenvalue weighted by Gasteiger charge is 2.27. The maximum absolute atomic E-state index is 13.1. The molecule has 4 aromatic rings. The highest BCUT2D eigenvalue weighted by molar-refractivity contribution is 8.03. The molecule has 0 aliphatic carbocycles. The van der Waals surface area contributed by atoms with Crippen LogP contribution >= 0.6 is 34.7 Å². The lowest BCUT2D eigenvalue weighted by Gasteiger charge is -2.17. The molecule has 1 aliphatic heterocycles. The lowest BCUT2D eigenvalue weighted by atomic mass is 9.98. The number of carbonyl (C=O) groups excluding carboxylic acids is 2. The van der Waals surface area contributed by atoms with Gasteiger partial charge in [0.2, 0.25) is 17.2 Å². The Labute approximate surface area is 247 Å². The largest absolute Gasteiger partial charge is 0.388 e. The van der Waals surface area contributed by atoms with E-state index in [1.54, 1.807) is 30.1 Å². The van der Waals surface area contributed by atoms with Gasteiger partial charge in [-0.15, -0.1) is 0 Å². The number of aryl methyl sites for hydroxylation is 1. The average molecular weight is 590 g/mol. The number of benzene rings is 3. The van der Waals surface area contributed by atoms with Crippen molar-refractivity contribution >= 4 is 74.1 Å². The molecule has 0 saturated heterocycles. The van der Waals surface area contributed by atoms with Crippen LogP contribution in [0.15, 0.2) is 76.8 Å². The van der Waals surface area contributed by atoms with Gasteiger partial charge >= 0.3 is 0 Å². The molecule has 0 bridgehead atoms. The fourth-order valence-electron chi connectivity index (χ4n) is 4.89. The van der Waals surface area contributed by atoms with Crippen LogP contribution in [0.25, 0.3) is 27.4 Å². The first kappa shape index (κ1) is 28.0. The third kappa shape index (κ3) is 5.27. The summed E-state index contributed by atoms with van der Waals surface area (Å²) in [6, 6.07) is 18.2. The van der Waals surface area contributed by atoms with Crippen LogP contribution in [-0.2, 0) is 11.3 Å². The van der Waals surface area contributed by atoms with Gasteiger partial charge in [0.25, 0.3) is 5.01 Å². The molecule has 2 heterocycles. The molecule has 0 saturated carbocycles. The minimum Gasteiger partial charge on any atom is -0.388 e. The Kier molecular flexibility index (Phi) is 8.03. The number of nitrogens with zero attached hydrogens (tertiary/aromatic N) is 2. The van der Waals surface area contributed by atoms with E-state index < -0.39 is 0 Å². The Morgan fingerprint density at radius 2 is 1.82 bits per heavy atom. The van der Waals surface area contributed by atoms with E-state index in [4.69, 9.17) is 11.6 Å². The zero-order chi connectivity index (χ0) is 28.6. The quantitative estimate of drug-likeness (QED) is 0.128. The lowest BCUT2D eigenvalue weighted by Crippen LogP contribution is -2.33. The molecular weight excluding hydrogens is 560 g/mol. The van der Waals surface area contributed by atoms with Crippen LogP contribution in [0.4, 0.5) is 11.4 Å². The van der Waals surface area contributed by atoms with Crippen molar-refractivity contribution in [2.45, 2.75) is 32.2 Å². The number of ketones is 1. The van der Waals surface area contributed by atoms with Crippen molar-refractivity contribution < 1.29 is 14.2 Å². The number of hydrogen-bond donors (Lipinski definition) is 2. The molecule has 6 nitrogen and oxygen atoms in total. The number of anilines is 2. The minimum atomic E-state index is -0.330. The smallest absolute Gasteiger partial charge is 0.265 e. The van der Waals surface area contributed by atoms with E-state index >= 15 is 0 Å². The second kappa shape index (κ2) is 11.5. The predicted octanol–water partition coefficient (Wildman–Crippen LogP) is 7.33. The summed E-state index contributed by atoms with van der Waals surface area (Å²) in [5, 5.41) is 8.67. The number of amides is 1. The van der Waals surface area contributed by atoms with Gasteiger partial charge in [0.05, 0.1) is 22.5 Å². The van der Waals surface area contributed by atoms with Crippen LogP contribution < -0.4 is 20.1 Å². The topological polar surface area (TPSA) is 65.3 Å². The SMILES string of the molecule is C=C(NC(C)=O)C(=O)c1cc(-c2ccc3sc(C=C4Sc5ccc(Cl)cc5N4CC)[n+](CC)c3c2)ccc1NC. The maximum atomic E-state index is 13.1. The van der Waals surface area contributed by atoms with Crippen molar-refractivity contribution in [3.8, 4) is 11.1 Å². The van der Waals surface area contributed by atoms with Crippen molar-refractivity contribution in [2.24, 2.45) is 0 Å². The third-order valence-electron chi connectivity index (χ3n) is 6.77. The maximum Gasteiger partial charge on any atom is 0.265 e. The number of Topliss-reactive ketones (excluding diaryl/α,β-unsaturated/α-hetero) is 1. The summed E-state index contributed by atoms with van der Waals surface area (Å²) in [5.74, 6) is -0.656. The van der Waals surface area contributed by atoms with E-state index in [1.165, 1.54) is 26.6 Å². The molecule has 1 amide bonds. The molecule has 1 aliphatic rings. The van der Waals surface area contributed by atoms with E-state index in [9.17, 15) is 9.59 Å². The molecule has 9 heteroatoms. The number of hydrogen-bond acceptors (Lipinski definition) is 6. The van der Waals surface area contributed by atoms with Gasteiger partial charge in [-0.05, 0) is 61.4 Å². The number of halogens is 1. The van der Waals surface area contributed by atoms with Crippen LogP contribution in [0, 0.1) is 0 Å². The van der Waals surface area contributed by atoms with Crippen LogP contribution in [-0.4, -0.2) is 25.3 Å². The van der Waals surface area contributed by atoms with Gasteiger partial charge in [0.1, 0.15) is 11.2 Å². The Morgan fingerprint density at radius 1 is 1.07 bits per heavy atom. The highest BCUT2D eigenvalue weighted by atomic mass is 35.5. The summed E-state index contributed by atoms with van der Waals surface area (Å²) in [6.07, 6.45) is 2.27. The van der Waals surface area contributed by atoms with Crippen LogP contribution in [0.3, 0.4) is 0 Å². The van der Waals surface area contributed by atoms with Gasteiger partial charge in [-0.25, -0.2) is 0 Å². The van der Waals surface area contributed by atoms with Gasteiger partial charge in [0, 0.05) is 47.8 Å². The first-order chi connectivity index (χ1) is 19.2. The molecule has 1 aromatic heterocycles. The third-order valence-corrected chi connectivity index (χ3v) is 9.23. The number of rotatable bonds is 8. The minimum absolute atomic E-state index is 0.0475. The van der Waals surface area contributed by atoms with E-state index in [0.717, 1.165) is 40.4 Å². The normalized spacial score (nSPS) is 13.5. The lowest BCUT2D eigenvalue weighted by molar-refractivity contribution is -0.665. The van der Waals surface area contributed by atoms with Crippen molar-refractivity contribution in [1.82, 2.24) is 5.32 Å². The van der Waals surface area contributed by atoms with Crippen molar-refractivity contribution in [3.05, 3.63) is 87.5 Å². The Morgan fingerprint density at radius 3 is 2.52 bits per heavy atom. The Bertz CT molecular complexity index is 1710. The monoisotopic (exact) mass is 589 g/mol. The number of thioether (sulfide) groups is 1. The predicted molar refractivity (Wildman–Crippen MR) is 168 cm³/mol. The van der Waals surface area contributed by atoms with Crippen molar-refractivity contribution in [1.29, 1.82) is 0 Å². The molecule has 204 valence electrons. The van der Waals surface area contributed by atoms with Crippen LogP contribution in [0.2, 0.25) is 5.02 Å². The van der Waals surface area contributed by atoms with Crippen molar-refractivity contribution in [2.75, 3.05) is 23.8 Å². The fourth-order valence-corrected chi connectivity index (χ4v) is 7.42. The first-order valence-corrected chi connectivity index (χ1v) is 15.0. The summed E-state index contributed by atoms with van der Waals surface area (Å²) in [7, 11) is 1.76. The zero-order valence-electron chi connectivity index (χ0n) is 22.8. The van der Waals surface area contributed by atoms with Gasteiger partial charge in [-0.3, -0.25) is 9.59 Å². The summed E-state index contributed by atoms with van der Waals surface area (Å²) in [4.78, 5) is 28.1. The van der Waals surface area contributed by atoms with E-state index in [-0.39, 0.29) is 17.4 Å². The number of fused-ring (bicyclic) bond motifs is 2. The number of carbonyl (C=O) groups is 2. The molecule has 40 heavy (non-hydrogen) atoms. The summed E-state index contributed by atoms with van der Waals surface area (Å²) >= 11 is 9.83. The molecule has 2 N–H and O–H groups in total.